The number of hydrogen-bond donors (Lipinski definition) is 1. The van der Waals surface area contributed by atoms with Crippen LogP contribution in [-0.4, -0.2) is 27.6 Å². The van der Waals surface area contributed by atoms with Crippen molar-refractivity contribution in [3.8, 4) is 0 Å². The summed E-state index contributed by atoms with van der Waals surface area (Å²) >= 11 is 0. The first kappa shape index (κ1) is 15.0. The molecular weight excluding hydrogens is 266 g/mol. The molecule has 0 fully saturated rings. The van der Waals surface area contributed by atoms with Crippen LogP contribution in [0.15, 0.2) is 36.7 Å². The van der Waals surface area contributed by atoms with E-state index in [-0.39, 0.29) is 6.42 Å². The van der Waals surface area contributed by atoms with E-state index in [9.17, 15) is 4.79 Å². The predicted molar refractivity (Wildman–Crippen MR) is 81.8 cm³/mol. The molecule has 110 valence electrons. The van der Waals surface area contributed by atoms with Crippen LogP contribution in [0.1, 0.15) is 24.2 Å². The van der Waals surface area contributed by atoms with E-state index in [0.717, 1.165) is 22.8 Å². The second-order valence-electron chi connectivity index (χ2n) is 4.86. The zero-order chi connectivity index (χ0) is 15.2. The first-order valence-electron chi connectivity index (χ1n) is 6.92. The van der Waals surface area contributed by atoms with Crippen molar-refractivity contribution in [3.05, 3.63) is 48.0 Å². The molecule has 0 radical (unpaired) electrons. The highest BCUT2D eigenvalue weighted by Gasteiger charge is 2.15. The van der Waals surface area contributed by atoms with Gasteiger partial charge in [0.25, 0.3) is 0 Å². The van der Waals surface area contributed by atoms with Gasteiger partial charge in [-0.2, -0.15) is 0 Å². The molecule has 2 heterocycles. The molecule has 0 atom stereocenters. The number of nitrogens with zero attached hydrogens (tertiary/aromatic N) is 3. The Labute approximate surface area is 124 Å². The van der Waals surface area contributed by atoms with Crippen LogP contribution in [0.4, 0.5) is 11.4 Å². The van der Waals surface area contributed by atoms with Gasteiger partial charge in [-0.1, -0.05) is 0 Å². The third-order valence-electron chi connectivity index (χ3n) is 3.31. The van der Waals surface area contributed by atoms with E-state index in [4.69, 9.17) is 5.11 Å². The Morgan fingerprint density at radius 3 is 2.05 bits per heavy atom. The van der Waals surface area contributed by atoms with E-state index < -0.39 is 5.97 Å². The highest BCUT2D eigenvalue weighted by molar-refractivity contribution is 5.68. The summed E-state index contributed by atoms with van der Waals surface area (Å²) in [6, 6.07) is 7.77. The number of rotatable bonds is 6. The number of carbonyl (C=O) groups is 1. The fourth-order valence-corrected chi connectivity index (χ4v) is 2.28. The quantitative estimate of drug-likeness (QED) is 0.883. The first-order chi connectivity index (χ1) is 10.1. The number of carboxylic acids is 1. The SMILES string of the molecule is Cc1ncccc1N(CCCC(=O)O)c1cccnc1C. The Morgan fingerprint density at radius 1 is 1.10 bits per heavy atom. The number of hydrogen-bond acceptors (Lipinski definition) is 4. The van der Waals surface area contributed by atoms with Gasteiger partial charge in [0.15, 0.2) is 0 Å². The first-order valence-corrected chi connectivity index (χ1v) is 6.92. The standard InChI is InChI=1S/C16H19N3O2/c1-12-14(6-3-9-17-12)19(11-5-8-16(20)21)15-7-4-10-18-13(15)2/h3-4,6-7,9-10H,5,8,11H2,1-2H3,(H,20,21). The summed E-state index contributed by atoms with van der Waals surface area (Å²) in [6.07, 6.45) is 4.22. The number of aryl methyl sites for hydroxylation is 2. The van der Waals surface area contributed by atoms with Crippen molar-refractivity contribution >= 4 is 17.3 Å². The molecule has 21 heavy (non-hydrogen) atoms. The summed E-state index contributed by atoms with van der Waals surface area (Å²) in [6.45, 7) is 4.52. The molecular formula is C16H19N3O2. The summed E-state index contributed by atoms with van der Waals surface area (Å²) < 4.78 is 0. The lowest BCUT2D eigenvalue weighted by molar-refractivity contribution is -0.137. The third-order valence-corrected chi connectivity index (χ3v) is 3.31. The average molecular weight is 285 g/mol. The smallest absolute Gasteiger partial charge is 0.303 e. The Balaban J connectivity index is 2.33. The Bertz CT molecular complexity index is 583. The molecule has 2 aromatic heterocycles. The van der Waals surface area contributed by atoms with Crippen LogP contribution in [0, 0.1) is 13.8 Å². The van der Waals surface area contributed by atoms with Crippen molar-refractivity contribution in [3.63, 3.8) is 0 Å². The number of pyridine rings is 2. The van der Waals surface area contributed by atoms with Crippen molar-refractivity contribution in [2.75, 3.05) is 11.4 Å². The molecule has 0 aliphatic carbocycles. The molecule has 1 N–H and O–H groups in total. The summed E-state index contributed by atoms with van der Waals surface area (Å²) in [4.78, 5) is 21.5. The lowest BCUT2D eigenvalue weighted by atomic mass is 10.2. The van der Waals surface area contributed by atoms with E-state index in [1.54, 1.807) is 12.4 Å². The van der Waals surface area contributed by atoms with Gasteiger partial charge >= 0.3 is 5.97 Å². The molecule has 0 saturated carbocycles. The molecule has 0 saturated heterocycles. The lowest BCUT2D eigenvalue weighted by Gasteiger charge is -2.27. The Hall–Kier alpha value is -2.43. The molecule has 2 aromatic rings. The minimum absolute atomic E-state index is 0.148. The summed E-state index contributed by atoms with van der Waals surface area (Å²) in [5.41, 5.74) is 3.80. The van der Waals surface area contributed by atoms with Crippen molar-refractivity contribution in [1.82, 2.24) is 9.97 Å². The molecule has 0 amide bonds. The van der Waals surface area contributed by atoms with Crippen molar-refractivity contribution in [2.45, 2.75) is 26.7 Å². The Morgan fingerprint density at radius 2 is 1.62 bits per heavy atom. The molecule has 0 aliphatic rings. The van der Waals surface area contributed by atoms with Gasteiger partial charge in [-0.05, 0) is 44.5 Å². The molecule has 0 bridgehead atoms. The van der Waals surface area contributed by atoms with E-state index in [1.807, 2.05) is 38.1 Å². The second kappa shape index (κ2) is 6.83. The van der Waals surface area contributed by atoms with Crippen molar-refractivity contribution < 1.29 is 9.90 Å². The largest absolute Gasteiger partial charge is 0.481 e. The monoisotopic (exact) mass is 285 g/mol. The van der Waals surface area contributed by atoms with Crippen LogP contribution >= 0.6 is 0 Å². The number of anilines is 2. The second-order valence-corrected chi connectivity index (χ2v) is 4.86. The molecule has 2 rings (SSSR count). The number of aromatic nitrogens is 2. The molecule has 0 aliphatic heterocycles. The fraction of sp³-hybridized carbons (Fsp3) is 0.312. The van der Waals surface area contributed by atoms with Crippen LogP contribution in [0.2, 0.25) is 0 Å². The van der Waals surface area contributed by atoms with E-state index in [2.05, 4.69) is 14.9 Å². The van der Waals surface area contributed by atoms with Crippen LogP contribution in [0.25, 0.3) is 0 Å². The normalized spacial score (nSPS) is 10.4. The van der Waals surface area contributed by atoms with Crippen LogP contribution in [0.5, 0.6) is 0 Å². The molecule has 5 nitrogen and oxygen atoms in total. The van der Waals surface area contributed by atoms with Crippen LogP contribution in [0.3, 0.4) is 0 Å². The topological polar surface area (TPSA) is 66.3 Å². The molecule has 0 aromatic carbocycles. The van der Waals surface area contributed by atoms with Gasteiger partial charge in [-0.3, -0.25) is 14.8 Å². The zero-order valence-corrected chi connectivity index (χ0v) is 12.3. The van der Waals surface area contributed by atoms with Gasteiger partial charge in [-0.15, -0.1) is 0 Å². The minimum Gasteiger partial charge on any atom is -0.481 e. The summed E-state index contributed by atoms with van der Waals surface area (Å²) in [5, 5.41) is 8.83. The van der Waals surface area contributed by atoms with E-state index >= 15 is 0 Å². The van der Waals surface area contributed by atoms with Gasteiger partial charge in [0.2, 0.25) is 0 Å². The Kier molecular flexibility index (Phi) is 4.87. The molecule has 5 heteroatoms. The highest BCUT2D eigenvalue weighted by Crippen LogP contribution is 2.29. The number of aliphatic carboxylic acids is 1. The van der Waals surface area contributed by atoms with Gasteiger partial charge in [-0.25, -0.2) is 0 Å². The highest BCUT2D eigenvalue weighted by atomic mass is 16.4. The summed E-state index contributed by atoms with van der Waals surface area (Å²) in [7, 11) is 0. The third kappa shape index (κ3) is 3.78. The maximum Gasteiger partial charge on any atom is 0.303 e. The van der Waals surface area contributed by atoms with Crippen molar-refractivity contribution in [1.29, 1.82) is 0 Å². The maximum absolute atomic E-state index is 10.7. The van der Waals surface area contributed by atoms with Gasteiger partial charge in [0.05, 0.1) is 22.8 Å². The summed E-state index contributed by atoms with van der Waals surface area (Å²) in [5.74, 6) is -0.777. The van der Waals surface area contributed by atoms with Crippen molar-refractivity contribution in [2.24, 2.45) is 0 Å². The van der Waals surface area contributed by atoms with Crippen LogP contribution < -0.4 is 4.90 Å². The molecule has 0 spiro atoms. The minimum atomic E-state index is -0.777. The van der Waals surface area contributed by atoms with Gasteiger partial charge in [0, 0.05) is 25.4 Å². The predicted octanol–water partition coefficient (Wildman–Crippen LogP) is 3.10. The maximum atomic E-state index is 10.7. The van der Waals surface area contributed by atoms with E-state index in [1.165, 1.54) is 0 Å². The van der Waals surface area contributed by atoms with Gasteiger partial charge in [0.1, 0.15) is 0 Å². The fourth-order valence-electron chi connectivity index (χ4n) is 2.28. The lowest BCUT2D eigenvalue weighted by Crippen LogP contribution is -2.21. The van der Waals surface area contributed by atoms with E-state index in [0.29, 0.717) is 13.0 Å². The zero-order valence-electron chi connectivity index (χ0n) is 12.3. The average Bonchev–Trinajstić information content (AvgIpc) is 2.45. The molecule has 0 unspecified atom stereocenters. The van der Waals surface area contributed by atoms with Crippen LogP contribution in [-0.2, 0) is 4.79 Å². The number of carboxylic acid groups (broad SMARTS) is 1. The van der Waals surface area contributed by atoms with Gasteiger partial charge < -0.3 is 10.0 Å².